The zero-order chi connectivity index (χ0) is 20.6. The van der Waals surface area contributed by atoms with Crippen LogP contribution >= 0.6 is 11.8 Å². The van der Waals surface area contributed by atoms with Gasteiger partial charge >= 0.3 is 0 Å². The maximum absolute atomic E-state index is 13.1. The van der Waals surface area contributed by atoms with E-state index in [1.54, 1.807) is 0 Å². The Kier molecular flexibility index (Phi) is 5.36. The Morgan fingerprint density at radius 3 is 2.45 bits per heavy atom. The third-order valence-corrected chi connectivity index (χ3v) is 7.52. The summed E-state index contributed by atoms with van der Waals surface area (Å²) in [6, 6.07) is 12.2. The Balaban J connectivity index is 1.70. The van der Waals surface area contributed by atoms with Gasteiger partial charge in [-0.3, -0.25) is 9.59 Å². The highest BCUT2D eigenvalue weighted by Gasteiger charge is 2.31. The second kappa shape index (κ2) is 7.80. The number of fused-ring (bicyclic) bond motifs is 1. The molecule has 0 amide bonds. The summed E-state index contributed by atoms with van der Waals surface area (Å²) in [5, 5.41) is 3.16. The van der Waals surface area contributed by atoms with Crippen LogP contribution in [0.5, 0.6) is 0 Å². The SMILES string of the molecule is CS(=O)(=O)c1cccc2c1C(=O)C=C(Nc1ccccc1C1CCSCC1)C2=O. The summed E-state index contributed by atoms with van der Waals surface area (Å²) < 4.78 is 24.1. The number of rotatable bonds is 4. The molecule has 0 unspecified atom stereocenters. The van der Waals surface area contributed by atoms with Crippen molar-refractivity contribution in [3.8, 4) is 0 Å². The van der Waals surface area contributed by atoms with Gasteiger partial charge in [-0.1, -0.05) is 30.3 Å². The molecule has 5 nitrogen and oxygen atoms in total. The number of ketones is 2. The van der Waals surface area contributed by atoms with Crippen LogP contribution in [-0.2, 0) is 9.84 Å². The average Bonchev–Trinajstić information content (AvgIpc) is 2.72. The van der Waals surface area contributed by atoms with Crippen molar-refractivity contribution in [1.29, 1.82) is 0 Å². The predicted molar refractivity (Wildman–Crippen MR) is 116 cm³/mol. The number of anilines is 1. The van der Waals surface area contributed by atoms with E-state index in [0.29, 0.717) is 5.92 Å². The van der Waals surface area contributed by atoms with Crippen LogP contribution in [0.25, 0.3) is 0 Å². The lowest BCUT2D eigenvalue weighted by Gasteiger charge is -2.25. The summed E-state index contributed by atoms with van der Waals surface area (Å²) in [6.07, 6.45) is 4.41. The predicted octanol–water partition coefficient (Wildman–Crippen LogP) is 4.08. The molecule has 0 saturated carbocycles. The quantitative estimate of drug-likeness (QED) is 0.792. The van der Waals surface area contributed by atoms with Gasteiger partial charge in [-0.15, -0.1) is 0 Å². The maximum Gasteiger partial charge on any atom is 0.210 e. The molecule has 1 fully saturated rings. The molecule has 1 heterocycles. The molecular formula is C22H21NO4S2. The van der Waals surface area contributed by atoms with E-state index < -0.39 is 15.6 Å². The van der Waals surface area contributed by atoms with Crippen molar-refractivity contribution in [2.75, 3.05) is 23.1 Å². The number of carbonyl (C=O) groups is 2. The molecule has 7 heteroatoms. The standard InChI is InChI=1S/C22H21NO4S2/c1-29(26,27)20-8-4-6-16-21(20)19(24)13-18(22(16)25)23-17-7-3-2-5-15(17)14-9-11-28-12-10-14/h2-8,13-14,23H,9-12H2,1H3. The number of thioether (sulfide) groups is 1. The topological polar surface area (TPSA) is 80.3 Å². The van der Waals surface area contributed by atoms with E-state index in [4.69, 9.17) is 0 Å². The number of sulfone groups is 1. The summed E-state index contributed by atoms with van der Waals surface area (Å²) in [5.41, 5.74) is 2.22. The zero-order valence-electron chi connectivity index (χ0n) is 16.0. The van der Waals surface area contributed by atoms with Gasteiger partial charge in [-0.05, 0) is 48.0 Å². The van der Waals surface area contributed by atoms with Crippen LogP contribution in [0.2, 0.25) is 0 Å². The number of hydrogen-bond donors (Lipinski definition) is 1. The number of benzene rings is 2. The minimum Gasteiger partial charge on any atom is -0.352 e. The number of hydrogen-bond acceptors (Lipinski definition) is 6. The van der Waals surface area contributed by atoms with Crippen LogP contribution in [0.3, 0.4) is 0 Å². The molecule has 0 radical (unpaired) electrons. The lowest BCUT2D eigenvalue weighted by Crippen LogP contribution is -2.24. The Morgan fingerprint density at radius 2 is 1.72 bits per heavy atom. The molecular weight excluding hydrogens is 406 g/mol. The molecule has 1 aliphatic heterocycles. The van der Waals surface area contributed by atoms with Crippen molar-refractivity contribution >= 4 is 38.9 Å². The van der Waals surface area contributed by atoms with Crippen molar-refractivity contribution in [2.24, 2.45) is 0 Å². The summed E-state index contributed by atoms with van der Waals surface area (Å²) in [5.74, 6) is 1.79. The number of para-hydroxylation sites is 1. The molecule has 0 atom stereocenters. The third-order valence-electron chi connectivity index (χ3n) is 5.33. The monoisotopic (exact) mass is 427 g/mol. The fraction of sp³-hybridized carbons (Fsp3) is 0.273. The number of carbonyl (C=O) groups excluding carboxylic acids is 2. The van der Waals surface area contributed by atoms with Crippen LogP contribution in [0, 0.1) is 0 Å². The average molecular weight is 428 g/mol. The first-order valence-electron chi connectivity index (χ1n) is 9.44. The van der Waals surface area contributed by atoms with E-state index in [9.17, 15) is 18.0 Å². The number of allylic oxidation sites excluding steroid dienone is 2. The lowest BCUT2D eigenvalue weighted by molar-refractivity contribution is 0.0983. The summed E-state index contributed by atoms with van der Waals surface area (Å²) in [6.45, 7) is 0. The molecule has 0 spiro atoms. The second-order valence-electron chi connectivity index (χ2n) is 7.30. The van der Waals surface area contributed by atoms with Crippen LogP contribution in [0.4, 0.5) is 5.69 Å². The van der Waals surface area contributed by atoms with E-state index in [-0.39, 0.29) is 27.5 Å². The van der Waals surface area contributed by atoms with Crippen molar-refractivity contribution in [3.63, 3.8) is 0 Å². The first kappa shape index (κ1) is 19.9. The molecule has 2 aromatic rings. The van der Waals surface area contributed by atoms with Crippen LogP contribution < -0.4 is 5.32 Å². The molecule has 4 rings (SSSR count). The number of nitrogens with one attached hydrogen (secondary N) is 1. The Bertz CT molecular complexity index is 1130. The van der Waals surface area contributed by atoms with Crippen molar-refractivity contribution in [1.82, 2.24) is 0 Å². The highest BCUT2D eigenvalue weighted by Crippen LogP contribution is 2.36. The van der Waals surface area contributed by atoms with Crippen molar-refractivity contribution in [2.45, 2.75) is 23.7 Å². The van der Waals surface area contributed by atoms with Gasteiger partial charge in [-0.2, -0.15) is 11.8 Å². The Hall–Kier alpha value is -2.38. The van der Waals surface area contributed by atoms with Crippen LogP contribution in [0.15, 0.2) is 59.1 Å². The third kappa shape index (κ3) is 3.89. The van der Waals surface area contributed by atoms with E-state index >= 15 is 0 Å². The minimum absolute atomic E-state index is 0.0388. The first-order valence-corrected chi connectivity index (χ1v) is 12.5. The smallest absolute Gasteiger partial charge is 0.210 e. The molecule has 1 aliphatic carbocycles. The summed E-state index contributed by atoms with van der Waals surface area (Å²) >= 11 is 1.95. The highest BCUT2D eigenvalue weighted by molar-refractivity contribution is 7.99. The molecule has 0 bridgehead atoms. The molecule has 1 saturated heterocycles. The van der Waals surface area contributed by atoms with E-state index in [0.717, 1.165) is 41.9 Å². The Morgan fingerprint density at radius 1 is 1.00 bits per heavy atom. The van der Waals surface area contributed by atoms with E-state index in [1.165, 1.54) is 24.3 Å². The normalized spacial score (nSPS) is 17.6. The summed E-state index contributed by atoms with van der Waals surface area (Å²) in [7, 11) is -3.62. The second-order valence-corrected chi connectivity index (χ2v) is 10.5. The molecule has 2 aromatic carbocycles. The maximum atomic E-state index is 13.1. The van der Waals surface area contributed by atoms with Crippen molar-refractivity contribution in [3.05, 3.63) is 70.9 Å². The van der Waals surface area contributed by atoms with Gasteiger partial charge in [0.25, 0.3) is 0 Å². The van der Waals surface area contributed by atoms with Gasteiger partial charge in [0.1, 0.15) is 0 Å². The minimum atomic E-state index is -3.62. The van der Waals surface area contributed by atoms with E-state index in [1.807, 2.05) is 30.0 Å². The molecule has 150 valence electrons. The van der Waals surface area contributed by atoms with Gasteiger partial charge in [0, 0.05) is 23.6 Å². The molecule has 0 aromatic heterocycles. The van der Waals surface area contributed by atoms with Crippen LogP contribution in [0.1, 0.15) is 45.0 Å². The molecule has 29 heavy (non-hydrogen) atoms. The largest absolute Gasteiger partial charge is 0.352 e. The van der Waals surface area contributed by atoms with Crippen LogP contribution in [-0.4, -0.2) is 37.7 Å². The fourth-order valence-corrected chi connectivity index (χ4v) is 5.92. The number of Topliss-reactive ketones (excluding diaryl/α,β-unsaturated/α-hetero) is 1. The summed E-state index contributed by atoms with van der Waals surface area (Å²) in [4.78, 5) is 25.7. The fourth-order valence-electron chi connectivity index (χ4n) is 3.91. The molecule has 1 N–H and O–H groups in total. The van der Waals surface area contributed by atoms with Gasteiger partial charge in [-0.25, -0.2) is 8.42 Å². The van der Waals surface area contributed by atoms with E-state index in [2.05, 4.69) is 11.4 Å². The van der Waals surface area contributed by atoms with Gasteiger partial charge in [0.15, 0.2) is 15.6 Å². The molecule has 2 aliphatic rings. The lowest BCUT2D eigenvalue weighted by atomic mass is 9.90. The zero-order valence-corrected chi connectivity index (χ0v) is 17.6. The van der Waals surface area contributed by atoms with Gasteiger partial charge in [0.05, 0.1) is 16.2 Å². The first-order chi connectivity index (χ1) is 13.9. The Labute approximate surface area is 174 Å². The van der Waals surface area contributed by atoms with Crippen molar-refractivity contribution < 1.29 is 18.0 Å². The van der Waals surface area contributed by atoms with Gasteiger partial charge in [0.2, 0.25) is 5.78 Å². The highest BCUT2D eigenvalue weighted by atomic mass is 32.2. The van der Waals surface area contributed by atoms with Gasteiger partial charge < -0.3 is 5.32 Å².